The summed E-state index contributed by atoms with van der Waals surface area (Å²) >= 11 is 1.24. The van der Waals surface area contributed by atoms with Gasteiger partial charge in [-0.05, 0) is 38.5 Å². The molecule has 33 heavy (non-hydrogen) atoms. The minimum atomic E-state index is -1.52. The van der Waals surface area contributed by atoms with Gasteiger partial charge in [-0.1, -0.05) is 23.5 Å². The van der Waals surface area contributed by atoms with E-state index in [9.17, 15) is 19.1 Å². The van der Waals surface area contributed by atoms with Crippen LogP contribution in [0.25, 0.3) is 5.57 Å². The smallest absolute Gasteiger partial charge is 0.248 e. The Morgan fingerprint density at radius 1 is 1.21 bits per heavy atom. The van der Waals surface area contributed by atoms with Crippen LogP contribution in [0.5, 0.6) is 0 Å². The number of aromatic nitrogens is 2. The van der Waals surface area contributed by atoms with Gasteiger partial charge in [0.2, 0.25) is 5.91 Å². The van der Waals surface area contributed by atoms with Crippen molar-refractivity contribution < 1.29 is 23.8 Å². The molecule has 2 unspecified atom stereocenters. The third-order valence-electron chi connectivity index (χ3n) is 6.24. The third-order valence-corrected chi connectivity index (χ3v) is 7.19. The highest BCUT2D eigenvalue weighted by atomic mass is 32.1. The van der Waals surface area contributed by atoms with E-state index in [1.807, 2.05) is 20.8 Å². The number of aliphatic hydroxyl groups is 1. The molecule has 8 nitrogen and oxygen atoms in total. The van der Waals surface area contributed by atoms with Crippen molar-refractivity contribution in [2.45, 2.75) is 57.5 Å². The molecule has 2 aliphatic rings. The van der Waals surface area contributed by atoms with Crippen molar-refractivity contribution in [2.75, 3.05) is 13.7 Å². The second kappa shape index (κ2) is 9.28. The Hall–Kier alpha value is -2.69. The first-order valence-corrected chi connectivity index (χ1v) is 11.6. The first-order chi connectivity index (χ1) is 15.7. The second-order valence-corrected chi connectivity index (χ2v) is 9.70. The van der Waals surface area contributed by atoms with Crippen LogP contribution in [0.1, 0.15) is 36.3 Å². The minimum absolute atomic E-state index is 0.0731. The number of rotatable bonds is 6. The molecule has 2 aliphatic heterocycles. The Morgan fingerprint density at radius 2 is 1.91 bits per heavy atom. The van der Waals surface area contributed by atoms with E-state index in [1.165, 1.54) is 23.5 Å². The molecule has 0 spiro atoms. The Kier molecular flexibility index (Phi) is 6.60. The largest absolute Gasteiger partial charge is 0.382 e. The van der Waals surface area contributed by atoms with Crippen LogP contribution in [-0.4, -0.2) is 80.8 Å². The molecule has 4 rings (SSSR count). The Morgan fingerprint density at radius 3 is 2.55 bits per heavy atom. The molecule has 1 fully saturated rings. The number of fused-ring (bicyclic) bond motifs is 1. The van der Waals surface area contributed by atoms with Crippen molar-refractivity contribution in [3.63, 3.8) is 0 Å². The zero-order valence-corrected chi connectivity index (χ0v) is 19.8. The Labute approximate surface area is 195 Å². The number of hydrogen-bond acceptors (Lipinski definition) is 8. The van der Waals surface area contributed by atoms with E-state index in [4.69, 9.17) is 4.74 Å². The van der Waals surface area contributed by atoms with Crippen LogP contribution in [0, 0.1) is 5.82 Å². The molecule has 1 N–H and O–H groups in total. The fourth-order valence-electron chi connectivity index (χ4n) is 4.26. The van der Waals surface area contributed by atoms with E-state index in [1.54, 1.807) is 35.2 Å². The predicted molar refractivity (Wildman–Crippen MR) is 121 cm³/mol. The zero-order valence-electron chi connectivity index (χ0n) is 18.9. The van der Waals surface area contributed by atoms with Gasteiger partial charge in [-0.3, -0.25) is 9.59 Å². The molecule has 1 saturated heterocycles. The van der Waals surface area contributed by atoms with E-state index in [0.717, 1.165) is 5.56 Å². The van der Waals surface area contributed by atoms with Crippen molar-refractivity contribution in [1.29, 1.82) is 0 Å². The standard InChI is InChI=1S/C23H27FN4O4S/c1-12(2)27-11-17(13(3)32-4)28-10-16(20(29)21(30)19(28)23(27)31)22-26-25-18(33-22)9-14-5-7-15(24)8-6-14/h5-8,10,12-13,17,19,21,30H,9,11H2,1-4H3/t13-,17-,19?,21?/m1/s1. The lowest BCUT2D eigenvalue weighted by Gasteiger charge is -2.51. The number of aliphatic hydroxyl groups excluding tert-OH is 1. The lowest BCUT2D eigenvalue weighted by molar-refractivity contribution is -0.158. The summed E-state index contributed by atoms with van der Waals surface area (Å²) in [6.07, 6.45) is 0.301. The molecule has 1 amide bonds. The van der Waals surface area contributed by atoms with Crippen LogP contribution in [0.3, 0.4) is 0 Å². The summed E-state index contributed by atoms with van der Waals surface area (Å²) in [6.45, 7) is 6.13. The van der Waals surface area contributed by atoms with Crippen LogP contribution >= 0.6 is 11.3 Å². The zero-order chi connectivity index (χ0) is 23.9. The number of ether oxygens (including phenoxy) is 1. The number of methoxy groups -OCH3 is 1. The topological polar surface area (TPSA) is 95.9 Å². The molecule has 0 saturated carbocycles. The van der Waals surface area contributed by atoms with Gasteiger partial charge >= 0.3 is 0 Å². The number of carbonyl (C=O) groups excluding carboxylic acids is 2. The Bertz CT molecular complexity index is 1070. The molecule has 176 valence electrons. The molecule has 0 bridgehead atoms. The summed E-state index contributed by atoms with van der Waals surface area (Å²) in [4.78, 5) is 29.7. The van der Waals surface area contributed by atoms with Gasteiger partial charge in [0, 0.05) is 32.3 Å². The highest BCUT2D eigenvalue weighted by Gasteiger charge is 2.51. The number of nitrogens with zero attached hydrogens (tertiary/aromatic N) is 4. The van der Waals surface area contributed by atoms with Crippen LogP contribution in [0.4, 0.5) is 4.39 Å². The van der Waals surface area contributed by atoms with Crippen molar-refractivity contribution in [3.8, 4) is 0 Å². The van der Waals surface area contributed by atoms with Crippen LogP contribution < -0.4 is 0 Å². The van der Waals surface area contributed by atoms with E-state index in [-0.39, 0.29) is 35.5 Å². The summed E-state index contributed by atoms with van der Waals surface area (Å²) in [6, 6.07) is 4.78. The summed E-state index contributed by atoms with van der Waals surface area (Å²) < 4.78 is 18.7. The van der Waals surface area contributed by atoms with Crippen molar-refractivity contribution in [2.24, 2.45) is 0 Å². The van der Waals surface area contributed by atoms with Gasteiger partial charge in [-0.25, -0.2) is 4.39 Å². The molecule has 3 heterocycles. The SMILES string of the molecule is CO[C@H](C)[C@H]1CN(C(C)C)C(=O)C2C(O)C(=O)C(c3nnc(Cc4ccc(F)cc4)s3)=CN21. The van der Waals surface area contributed by atoms with Crippen LogP contribution in [0.2, 0.25) is 0 Å². The summed E-state index contributed by atoms with van der Waals surface area (Å²) in [5, 5.41) is 20.3. The number of benzene rings is 1. The average molecular weight is 475 g/mol. The molecule has 4 atom stereocenters. The van der Waals surface area contributed by atoms with Crippen LogP contribution in [-0.2, 0) is 20.7 Å². The molecule has 0 aliphatic carbocycles. The first kappa shape index (κ1) is 23.5. The number of hydrogen-bond donors (Lipinski definition) is 1. The van der Waals surface area contributed by atoms with Gasteiger partial charge in [0.25, 0.3) is 0 Å². The minimum Gasteiger partial charge on any atom is -0.382 e. The Balaban J connectivity index is 1.67. The molecule has 10 heteroatoms. The molecular formula is C23H27FN4O4S. The third kappa shape index (κ3) is 4.42. The van der Waals surface area contributed by atoms with Crippen molar-refractivity contribution in [1.82, 2.24) is 20.0 Å². The number of Topliss-reactive ketones (excluding diaryl/α,β-unsaturated/α-hetero) is 1. The quantitative estimate of drug-likeness (QED) is 0.683. The fourth-order valence-corrected chi connectivity index (χ4v) is 5.15. The van der Waals surface area contributed by atoms with Crippen molar-refractivity contribution in [3.05, 3.63) is 51.9 Å². The first-order valence-electron chi connectivity index (χ1n) is 10.8. The van der Waals surface area contributed by atoms with E-state index < -0.39 is 17.9 Å². The molecule has 2 aromatic rings. The maximum absolute atomic E-state index is 13.2. The average Bonchev–Trinajstić information content (AvgIpc) is 3.25. The molecular weight excluding hydrogens is 447 g/mol. The van der Waals surface area contributed by atoms with Crippen molar-refractivity contribution >= 4 is 28.6 Å². The summed E-state index contributed by atoms with van der Waals surface area (Å²) in [5.41, 5.74) is 1.09. The lowest BCUT2D eigenvalue weighted by Crippen LogP contribution is -2.69. The normalized spacial score (nSPS) is 24.2. The fraction of sp³-hybridized carbons (Fsp3) is 0.478. The number of carbonyl (C=O) groups is 2. The van der Waals surface area contributed by atoms with Crippen LogP contribution in [0.15, 0.2) is 30.5 Å². The van der Waals surface area contributed by atoms with E-state index in [0.29, 0.717) is 23.0 Å². The van der Waals surface area contributed by atoms with Gasteiger partial charge < -0.3 is 19.6 Å². The van der Waals surface area contributed by atoms with Gasteiger partial charge in [-0.15, -0.1) is 10.2 Å². The maximum Gasteiger partial charge on any atom is 0.248 e. The monoisotopic (exact) mass is 474 g/mol. The second-order valence-electron chi connectivity index (χ2n) is 8.64. The number of piperazine rings is 1. The summed E-state index contributed by atoms with van der Waals surface area (Å²) in [5.74, 6) is -1.15. The predicted octanol–water partition coefficient (Wildman–Crippen LogP) is 1.88. The van der Waals surface area contributed by atoms with E-state index in [2.05, 4.69) is 10.2 Å². The highest BCUT2D eigenvalue weighted by molar-refractivity contribution is 7.12. The van der Waals surface area contributed by atoms with Gasteiger partial charge in [0.15, 0.2) is 10.8 Å². The number of ketones is 1. The van der Waals surface area contributed by atoms with Gasteiger partial charge in [-0.2, -0.15) is 0 Å². The van der Waals surface area contributed by atoms with Gasteiger partial charge in [0.1, 0.15) is 23.0 Å². The van der Waals surface area contributed by atoms with Gasteiger partial charge in [0.05, 0.1) is 17.7 Å². The molecule has 1 aromatic heterocycles. The lowest BCUT2D eigenvalue weighted by atomic mass is 9.89. The maximum atomic E-state index is 13.2. The highest BCUT2D eigenvalue weighted by Crippen LogP contribution is 2.34. The number of amides is 1. The summed E-state index contributed by atoms with van der Waals surface area (Å²) in [7, 11) is 1.60. The van der Waals surface area contributed by atoms with E-state index >= 15 is 0 Å². The number of halogens is 1. The molecule has 0 radical (unpaired) electrons. The molecule has 1 aromatic carbocycles.